The van der Waals surface area contributed by atoms with Crippen molar-refractivity contribution in [1.29, 1.82) is 0 Å². The van der Waals surface area contributed by atoms with E-state index < -0.39 is 11.8 Å². The van der Waals surface area contributed by atoms with Gasteiger partial charge in [-0.15, -0.1) is 0 Å². The van der Waals surface area contributed by atoms with Crippen LogP contribution in [0.1, 0.15) is 36.2 Å². The second kappa shape index (κ2) is 7.43. The van der Waals surface area contributed by atoms with Crippen LogP contribution in [0.4, 0.5) is 4.39 Å². The lowest BCUT2D eigenvalue weighted by Crippen LogP contribution is -2.25. The fraction of sp³-hybridized carbons (Fsp3) is 0.333. The van der Waals surface area contributed by atoms with Crippen LogP contribution in [0.15, 0.2) is 24.3 Å². The Morgan fingerprint density at radius 2 is 2.10 bits per heavy atom. The van der Waals surface area contributed by atoms with Gasteiger partial charge in [-0.05, 0) is 30.5 Å². The van der Waals surface area contributed by atoms with Crippen molar-refractivity contribution in [3.05, 3.63) is 41.2 Å². The Hall–Kier alpha value is -2.17. The van der Waals surface area contributed by atoms with Crippen molar-refractivity contribution in [2.24, 2.45) is 5.92 Å². The first-order valence-electron chi connectivity index (χ1n) is 6.39. The maximum atomic E-state index is 13.7. The molecule has 0 aliphatic rings. The molecule has 5 heteroatoms. The van der Waals surface area contributed by atoms with Crippen LogP contribution >= 0.6 is 0 Å². The summed E-state index contributed by atoms with van der Waals surface area (Å²) in [5.41, 5.74) is 0.352. The fourth-order valence-corrected chi connectivity index (χ4v) is 1.54. The summed E-state index contributed by atoms with van der Waals surface area (Å²) >= 11 is 0. The second-order valence-electron chi connectivity index (χ2n) is 4.85. The molecule has 1 aromatic rings. The molecule has 0 saturated heterocycles. The summed E-state index contributed by atoms with van der Waals surface area (Å²) in [4.78, 5) is 22.1. The third kappa shape index (κ3) is 5.22. The number of carboxylic acids is 1. The summed E-state index contributed by atoms with van der Waals surface area (Å²) in [6.07, 6.45) is 2.85. The van der Waals surface area contributed by atoms with E-state index in [0.717, 1.165) is 24.6 Å². The van der Waals surface area contributed by atoms with E-state index in [-0.39, 0.29) is 17.0 Å². The molecule has 1 amide bonds. The lowest BCUT2D eigenvalue weighted by atomic mass is 10.1. The minimum Gasteiger partial charge on any atom is -0.478 e. The number of amides is 1. The Balaban J connectivity index is 2.71. The lowest BCUT2D eigenvalue weighted by Gasteiger charge is -2.07. The molecule has 4 nitrogen and oxygen atoms in total. The molecule has 0 saturated carbocycles. The highest BCUT2D eigenvalue weighted by Crippen LogP contribution is 2.12. The summed E-state index contributed by atoms with van der Waals surface area (Å²) in [7, 11) is 0. The fourth-order valence-electron chi connectivity index (χ4n) is 1.54. The zero-order valence-corrected chi connectivity index (χ0v) is 11.5. The number of halogens is 1. The second-order valence-corrected chi connectivity index (χ2v) is 4.85. The first-order valence-corrected chi connectivity index (χ1v) is 6.39. The van der Waals surface area contributed by atoms with Gasteiger partial charge in [-0.2, -0.15) is 0 Å². The largest absolute Gasteiger partial charge is 0.478 e. The van der Waals surface area contributed by atoms with E-state index in [2.05, 4.69) is 19.2 Å². The first kappa shape index (κ1) is 15.9. The number of nitrogens with one attached hydrogen (secondary N) is 1. The van der Waals surface area contributed by atoms with Crippen LogP contribution < -0.4 is 5.32 Å². The molecule has 1 aromatic carbocycles. The summed E-state index contributed by atoms with van der Waals surface area (Å²) in [5.74, 6) is -1.63. The highest BCUT2D eigenvalue weighted by Gasteiger charge is 2.08. The van der Waals surface area contributed by atoms with Gasteiger partial charge in [-0.3, -0.25) is 4.79 Å². The number of aliphatic carboxylic acids is 1. The van der Waals surface area contributed by atoms with Gasteiger partial charge >= 0.3 is 5.97 Å². The Kier molecular flexibility index (Phi) is 5.90. The van der Waals surface area contributed by atoms with Crippen molar-refractivity contribution >= 4 is 18.0 Å². The molecule has 0 bridgehead atoms. The van der Waals surface area contributed by atoms with Crippen LogP contribution in [-0.4, -0.2) is 23.5 Å². The van der Waals surface area contributed by atoms with Crippen molar-refractivity contribution in [3.8, 4) is 0 Å². The standard InChI is InChI=1S/C15H18FNO3/c1-10(2)7-8-17-15(20)12-4-3-11(13(16)9-12)5-6-14(18)19/h3-6,9-10H,7-8H2,1-2H3,(H,17,20)(H,18,19). The highest BCUT2D eigenvalue weighted by atomic mass is 19.1. The van der Waals surface area contributed by atoms with Crippen LogP contribution in [0.25, 0.3) is 6.08 Å². The van der Waals surface area contributed by atoms with E-state index in [1.165, 1.54) is 12.1 Å². The van der Waals surface area contributed by atoms with Gasteiger partial charge in [0.2, 0.25) is 0 Å². The third-order valence-corrected chi connectivity index (χ3v) is 2.68. The van der Waals surface area contributed by atoms with Crippen LogP contribution in [-0.2, 0) is 4.79 Å². The van der Waals surface area contributed by atoms with Crippen molar-refractivity contribution in [3.63, 3.8) is 0 Å². The molecule has 0 atom stereocenters. The average Bonchev–Trinajstić information content (AvgIpc) is 2.36. The minimum absolute atomic E-state index is 0.131. The monoisotopic (exact) mass is 279 g/mol. The molecule has 0 unspecified atom stereocenters. The van der Waals surface area contributed by atoms with E-state index >= 15 is 0 Å². The molecule has 20 heavy (non-hydrogen) atoms. The third-order valence-electron chi connectivity index (χ3n) is 2.68. The van der Waals surface area contributed by atoms with Crippen molar-refractivity contribution < 1.29 is 19.1 Å². The Labute approximate surface area is 117 Å². The van der Waals surface area contributed by atoms with E-state index in [1.807, 2.05) is 0 Å². The zero-order chi connectivity index (χ0) is 15.1. The molecule has 1 rings (SSSR count). The number of carbonyl (C=O) groups is 2. The van der Waals surface area contributed by atoms with Crippen LogP contribution in [0.5, 0.6) is 0 Å². The zero-order valence-electron chi connectivity index (χ0n) is 11.5. The predicted octanol–water partition coefficient (Wildman–Crippen LogP) is 2.70. The van der Waals surface area contributed by atoms with Crippen LogP contribution in [0, 0.1) is 11.7 Å². The average molecular weight is 279 g/mol. The number of benzene rings is 1. The van der Waals surface area contributed by atoms with Gasteiger partial charge in [0.15, 0.2) is 0 Å². The van der Waals surface area contributed by atoms with Crippen molar-refractivity contribution in [2.75, 3.05) is 6.54 Å². The maximum absolute atomic E-state index is 13.7. The summed E-state index contributed by atoms with van der Waals surface area (Å²) in [5, 5.41) is 11.2. The smallest absolute Gasteiger partial charge is 0.328 e. The summed E-state index contributed by atoms with van der Waals surface area (Å²) < 4.78 is 13.7. The molecular formula is C15H18FNO3. The molecule has 0 aliphatic heterocycles. The molecule has 0 radical (unpaired) electrons. The molecule has 0 aromatic heterocycles. The molecule has 108 valence electrons. The van der Waals surface area contributed by atoms with Crippen LogP contribution in [0.2, 0.25) is 0 Å². The topological polar surface area (TPSA) is 66.4 Å². The van der Waals surface area contributed by atoms with Gasteiger partial charge < -0.3 is 10.4 Å². The Bertz CT molecular complexity index is 524. The van der Waals surface area contributed by atoms with Gasteiger partial charge in [0.25, 0.3) is 5.91 Å². The molecule has 2 N–H and O–H groups in total. The van der Waals surface area contributed by atoms with Crippen molar-refractivity contribution in [2.45, 2.75) is 20.3 Å². The van der Waals surface area contributed by atoms with Gasteiger partial charge in [0.1, 0.15) is 5.82 Å². The molecule has 0 spiro atoms. The summed E-state index contributed by atoms with van der Waals surface area (Å²) in [6.45, 7) is 4.64. The quantitative estimate of drug-likeness (QED) is 0.787. The van der Waals surface area contributed by atoms with Gasteiger partial charge in [-0.25, -0.2) is 9.18 Å². The van der Waals surface area contributed by atoms with E-state index in [4.69, 9.17) is 5.11 Å². The molecular weight excluding hydrogens is 261 g/mol. The van der Waals surface area contributed by atoms with Crippen molar-refractivity contribution in [1.82, 2.24) is 5.32 Å². The van der Waals surface area contributed by atoms with Gasteiger partial charge in [0.05, 0.1) is 0 Å². The predicted molar refractivity (Wildman–Crippen MR) is 74.9 cm³/mol. The molecule has 0 heterocycles. The van der Waals surface area contributed by atoms with Gasteiger partial charge in [-0.1, -0.05) is 19.9 Å². The Morgan fingerprint density at radius 3 is 2.65 bits per heavy atom. The first-order chi connectivity index (χ1) is 9.40. The number of carboxylic acid groups (broad SMARTS) is 1. The Morgan fingerprint density at radius 1 is 1.40 bits per heavy atom. The molecule has 0 fully saturated rings. The minimum atomic E-state index is -1.15. The van der Waals surface area contributed by atoms with E-state index in [0.29, 0.717) is 12.5 Å². The SMILES string of the molecule is CC(C)CCNC(=O)c1ccc(C=CC(=O)O)c(F)c1. The van der Waals surface area contributed by atoms with Gasteiger partial charge in [0, 0.05) is 23.7 Å². The number of hydrogen-bond acceptors (Lipinski definition) is 2. The molecule has 0 aliphatic carbocycles. The summed E-state index contributed by atoms with van der Waals surface area (Å²) in [6, 6.07) is 3.95. The number of carbonyl (C=O) groups excluding carboxylic acids is 1. The normalized spacial score (nSPS) is 11.0. The van der Waals surface area contributed by atoms with Crippen LogP contribution in [0.3, 0.4) is 0 Å². The number of rotatable bonds is 6. The van der Waals surface area contributed by atoms with E-state index in [9.17, 15) is 14.0 Å². The highest BCUT2D eigenvalue weighted by molar-refractivity contribution is 5.94. The lowest BCUT2D eigenvalue weighted by molar-refractivity contribution is -0.131. The number of hydrogen-bond donors (Lipinski definition) is 2. The van der Waals surface area contributed by atoms with E-state index in [1.54, 1.807) is 0 Å². The maximum Gasteiger partial charge on any atom is 0.328 e.